The van der Waals surface area contributed by atoms with Crippen LogP contribution in [0.15, 0.2) is 57.6 Å². The van der Waals surface area contributed by atoms with Gasteiger partial charge in [-0.3, -0.25) is 4.90 Å². The Bertz CT molecular complexity index is 1870. The number of ether oxygens (including phenoxy) is 1. The van der Waals surface area contributed by atoms with Gasteiger partial charge < -0.3 is 29.3 Å². The van der Waals surface area contributed by atoms with Gasteiger partial charge in [0, 0.05) is 36.1 Å². The molecule has 2 aliphatic heterocycles. The van der Waals surface area contributed by atoms with E-state index in [9.17, 15) is 41.4 Å². The van der Waals surface area contributed by atoms with E-state index < -0.39 is 47.0 Å². The second-order valence-electron chi connectivity index (χ2n) is 13.5. The van der Waals surface area contributed by atoms with Crippen LogP contribution >= 0.6 is 0 Å². The van der Waals surface area contributed by atoms with Crippen molar-refractivity contribution < 1.29 is 55.1 Å². The first-order valence-corrected chi connectivity index (χ1v) is 16.2. The minimum absolute atomic E-state index is 0.0860. The molecule has 0 unspecified atom stereocenters. The standard InChI is InChI=1S/C25H23F3N2O4.C10H13F3N2O2/c1-14-11-30(12-20-21(14)22(29-34-20)24(2,32)25(26,27)28)23(31)33-13-19-17-9-5-3-7-15(17)16-8-4-6-10-18(16)19;1-5-3-14-4-6-7(5)8(15-17-6)9(2,16)10(11,12)13/h3-10,14,19,32H,11-13H2,1-2H3;5,14,16H,3-4H2,1-2H3/t14-,24+;5-,9+/m00/s1. The minimum atomic E-state index is -4.92. The number of halogens is 6. The maximum atomic E-state index is 13.3. The van der Waals surface area contributed by atoms with Crippen LogP contribution in [0.25, 0.3) is 11.1 Å². The number of hydrogen-bond donors (Lipinski definition) is 3. The molecule has 0 saturated carbocycles. The summed E-state index contributed by atoms with van der Waals surface area (Å²) in [5.74, 6) is -0.323. The van der Waals surface area contributed by atoms with Gasteiger partial charge in [0.05, 0.1) is 13.1 Å². The zero-order chi connectivity index (χ0) is 37.1. The van der Waals surface area contributed by atoms with E-state index in [-0.39, 0.29) is 42.9 Å². The summed E-state index contributed by atoms with van der Waals surface area (Å²) in [5, 5.41) is 29.6. The summed E-state index contributed by atoms with van der Waals surface area (Å²) in [6, 6.07) is 16.0. The summed E-state index contributed by atoms with van der Waals surface area (Å²) in [4.78, 5) is 14.3. The number of hydrogen-bond acceptors (Lipinski definition) is 9. The Balaban J connectivity index is 0.000000221. The maximum absolute atomic E-state index is 13.3. The van der Waals surface area contributed by atoms with Crippen molar-refractivity contribution in [3.8, 4) is 11.1 Å². The van der Waals surface area contributed by atoms with Crippen LogP contribution in [0.4, 0.5) is 31.1 Å². The first-order valence-electron chi connectivity index (χ1n) is 16.2. The van der Waals surface area contributed by atoms with Gasteiger partial charge in [0.2, 0.25) is 11.2 Å². The van der Waals surface area contributed by atoms with Gasteiger partial charge in [-0.05, 0) is 42.0 Å². The highest BCUT2D eigenvalue weighted by molar-refractivity contribution is 5.79. The monoisotopic (exact) mass is 722 g/mol. The third-order valence-corrected chi connectivity index (χ3v) is 9.78. The lowest BCUT2D eigenvalue weighted by atomic mass is 9.88. The molecule has 1 aliphatic carbocycles. The zero-order valence-corrected chi connectivity index (χ0v) is 28.0. The fraction of sp³-hybridized carbons (Fsp3) is 0.457. The molecule has 51 heavy (non-hydrogen) atoms. The maximum Gasteiger partial charge on any atom is 0.422 e. The van der Waals surface area contributed by atoms with Gasteiger partial charge in [-0.25, -0.2) is 4.79 Å². The fourth-order valence-corrected chi connectivity index (χ4v) is 6.88. The molecule has 0 bridgehead atoms. The predicted octanol–water partition coefficient (Wildman–Crippen LogP) is 6.96. The number of nitrogens with one attached hydrogen (secondary N) is 1. The molecule has 1 amide bonds. The molecule has 4 heterocycles. The van der Waals surface area contributed by atoms with Crippen molar-refractivity contribution in [2.24, 2.45) is 0 Å². The number of aromatic nitrogens is 2. The number of carbonyl (C=O) groups is 1. The van der Waals surface area contributed by atoms with E-state index in [2.05, 4.69) is 15.6 Å². The van der Waals surface area contributed by atoms with Gasteiger partial charge in [-0.1, -0.05) is 72.7 Å². The Morgan fingerprint density at radius 1 is 0.843 bits per heavy atom. The molecule has 4 atom stereocenters. The van der Waals surface area contributed by atoms with Crippen molar-refractivity contribution in [1.29, 1.82) is 0 Å². The SMILES string of the molecule is C[C@H]1CN(C(=O)OCC2c3ccccc3-c3ccccc32)Cc2onc([C@@](C)(O)C(F)(F)F)c21.C[C@H]1CNCc2onc([C@@](C)(O)C(F)(F)F)c21. The molecule has 0 spiro atoms. The summed E-state index contributed by atoms with van der Waals surface area (Å²) in [6.45, 7) is 5.80. The molecule has 3 N–H and O–H groups in total. The van der Waals surface area contributed by atoms with Crippen molar-refractivity contribution in [1.82, 2.24) is 20.5 Å². The highest BCUT2D eigenvalue weighted by Gasteiger charge is 2.56. The summed E-state index contributed by atoms with van der Waals surface area (Å²) >= 11 is 0. The number of nitrogens with zero attached hydrogens (tertiary/aromatic N) is 3. The molecule has 0 saturated heterocycles. The van der Waals surface area contributed by atoms with Crippen molar-refractivity contribution in [3.63, 3.8) is 0 Å². The molecule has 16 heteroatoms. The fourth-order valence-electron chi connectivity index (χ4n) is 6.88. The van der Waals surface area contributed by atoms with Gasteiger partial charge >= 0.3 is 18.4 Å². The number of carbonyl (C=O) groups excluding carboxylic acids is 1. The Kier molecular flexibility index (Phi) is 9.25. The van der Waals surface area contributed by atoms with Crippen LogP contribution in [0.2, 0.25) is 0 Å². The van der Waals surface area contributed by atoms with Gasteiger partial charge in [-0.15, -0.1) is 0 Å². The molecule has 3 aliphatic rings. The minimum Gasteiger partial charge on any atom is -0.448 e. The molecule has 7 rings (SSSR count). The van der Waals surface area contributed by atoms with Crippen molar-refractivity contribution in [3.05, 3.63) is 93.7 Å². The number of fused-ring (bicyclic) bond motifs is 5. The Morgan fingerprint density at radius 2 is 1.33 bits per heavy atom. The average molecular weight is 723 g/mol. The lowest BCUT2D eigenvalue weighted by molar-refractivity contribution is -0.261. The number of rotatable bonds is 4. The molecule has 4 aromatic rings. The lowest BCUT2D eigenvalue weighted by Gasteiger charge is -2.32. The van der Waals surface area contributed by atoms with Crippen molar-refractivity contribution in [2.45, 2.75) is 82.1 Å². The van der Waals surface area contributed by atoms with Crippen LogP contribution < -0.4 is 5.32 Å². The summed E-state index contributed by atoms with van der Waals surface area (Å²) in [6.07, 6.45) is -10.3. The van der Waals surface area contributed by atoms with Gasteiger partial charge in [0.1, 0.15) is 18.0 Å². The second kappa shape index (κ2) is 13.0. The summed E-state index contributed by atoms with van der Waals surface area (Å²) in [7, 11) is 0. The van der Waals surface area contributed by atoms with E-state index in [0.717, 1.165) is 22.3 Å². The van der Waals surface area contributed by atoms with Crippen LogP contribution in [0.5, 0.6) is 0 Å². The van der Waals surface area contributed by atoms with Crippen LogP contribution in [0.3, 0.4) is 0 Å². The van der Waals surface area contributed by atoms with Crippen LogP contribution in [0.1, 0.15) is 90.6 Å². The molecular weight excluding hydrogens is 686 g/mol. The number of benzene rings is 2. The Morgan fingerprint density at radius 3 is 1.86 bits per heavy atom. The number of aliphatic hydroxyl groups is 2. The second-order valence-corrected chi connectivity index (χ2v) is 13.5. The van der Waals surface area contributed by atoms with E-state index in [4.69, 9.17) is 13.8 Å². The summed E-state index contributed by atoms with van der Waals surface area (Å²) in [5.41, 5.74) is -2.16. The third-order valence-electron chi connectivity index (χ3n) is 9.78. The largest absolute Gasteiger partial charge is 0.448 e. The third kappa shape index (κ3) is 6.37. The smallest absolute Gasteiger partial charge is 0.422 e. The van der Waals surface area contributed by atoms with Crippen LogP contribution in [0, 0.1) is 0 Å². The number of amides is 1. The molecule has 0 fully saturated rings. The highest BCUT2D eigenvalue weighted by Crippen LogP contribution is 2.46. The first kappa shape index (κ1) is 36.4. The Labute approximate surface area is 288 Å². The predicted molar refractivity (Wildman–Crippen MR) is 168 cm³/mol. The van der Waals surface area contributed by atoms with Crippen LogP contribution in [-0.2, 0) is 29.0 Å². The molecule has 2 aromatic heterocycles. The molecular formula is C35H36F6N4O6. The average Bonchev–Trinajstić information content (AvgIpc) is 3.78. The quantitative estimate of drug-likeness (QED) is 0.191. The molecule has 274 valence electrons. The summed E-state index contributed by atoms with van der Waals surface area (Å²) < 4.78 is 93.9. The molecule has 2 aromatic carbocycles. The van der Waals surface area contributed by atoms with Crippen molar-refractivity contribution in [2.75, 3.05) is 19.7 Å². The molecule has 10 nitrogen and oxygen atoms in total. The van der Waals surface area contributed by atoms with E-state index in [1.54, 1.807) is 13.8 Å². The van der Waals surface area contributed by atoms with E-state index in [1.807, 2.05) is 48.5 Å². The first-order chi connectivity index (χ1) is 23.8. The number of alkyl halides is 6. The topological polar surface area (TPSA) is 134 Å². The van der Waals surface area contributed by atoms with E-state index >= 15 is 0 Å². The van der Waals surface area contributed by atoms with E-state index in [1.165, 1.54) is 4.90 Å². The normalized spacial score (nSPS) is 20.9. The van der Waals surface area contributed by atoms with Gasteiger partial charge in [0.25, 0.3) is 0 Å². The Hall–Kier alpha value is -4.41. The highest BCUT2D eigenvalue weighted by atomic mass is 19.4. The van der Waals surface area contributed by atoms with Gasteiger partial charge in [-0.2, -0.15) is 26.3 Å². The lowest BCUT2D eigenvalue weighted by Crippen LogP contribution is -2.42. The molecule has 0 radical (unpaired) electrons. The van der Waals surface area contributed by atoms with Crippen molar-refractivity contribution >= 4 is 6.09 Å². The van der Waals surface area contributed by atoms with E-state index in [0.29, 0.717) is 38.3 Å². The van der Waals surface area contributed by atoms with Gasteiger partial charge in [0.15, 0.2) is 11.5 Å². The van der Waals surface area contributed by atoms with Crippen LogP contribution in [-0.4, -0.2) is 63.6 Å². The zero-order valence-electron chi connectivity index (χ0n) is 28.0.